The summed E-state index contributed by atoms with van der Waals surface area (Å²) >= 11 is 1.44. The number of rotatable bonds is 5. The van der Waals surface area contributed by atoms with E-state index in [2.05, 4.69) is 10.3 Å². The van der Waals surface area contributed by atoms with Gasteiger partial charge in [0, 0.05) is 12.8 Å². The van der Waals surface area contributed by atoms with Gasteiger partial charge < -0.3 is 15.0 Å². The van der Waals surface area contributed by atoms with Gasteiger partial charge in [-0.2, -0.15) is 0 Å². The smallest absolute Gasteiger partial charge is 0.262 e. The van der Waals surface area contributed by atoms with Crippen LogP contribution in [0.4, 0.5) is 0 Å². The SMILES string of the molecule is O=C(Cn1cnc2sccc2c1=O)NCC1([NH+]2CCOCC2)CCCCC1. The fourth-order valence-electron chi connectivity index (χ4n) is 4.52. The second-order valence-electron chi connectivity index (χ2n) is 7.65. The fourth-order valence-corrected chi connectivity index (χ4v) is 5.24. The van der Waals surface area contributed by atoms with Crippen LogP contribution in [0.3, 0.4) is 0 Å². The van der Waals surface area contributed by atoms with Crippen LogP contribution in [-0.4, -0.2) is 53.8 Å². The summed E-state index contributed by atoms with van der Waals surface area (Å²) in [6.45, 7) is 4.30. The van der Waals surface area contributed by atoms with Gasteiger partial charge in [-0.05, 0) is 24.3 Å². The number of fused-ring (bicyclic) bond motifs is 1. The van der Waals surface area contributed by atoms with Gasteiger partial charge in [0.25, 0.3) is 5.56 Å². The van der Waals surface area contributed by atoms with Crippen molar-refractivity contribution in [3.05, 3.63) is 28.1 Å². The molecule has 2 aromatic rings. The van der Waals surface area contributed by atoms with Gasteiger partial charge in [0.2, 0.25) is 5.91 Å². The monoisotopic (exact) mass is 391 g/mol. The molecule has 3 heterocycles. The van der Waals surface area contributed by atoms with Crippen molar-refractivity contribution in [1.82, 2.24) is 14.9 Å². The van der Waals surface area contributed by atoms with E-state index in [0.717, 1.165) is 39.1 Å². The first-order chi connectivity index (χ1) is 13.2. The van der Waals surface area contributed by atoms with Gasteiger partial charge in [0.1, 0.15) is 30.0 Å². The van der Waals surface area contributed by atoms with Gasteiger partial charge in [-0.25, -0.2) is 4.98 Å². The first-order valence-corrected chi connectivity index (χ1v) is 10.7. The molecule has 0 atom stereocenters. The topological polar surface area (TPSA) is 77.7 Å². The summed E-state index contributed by atoms with van der Waals surface area (Å²) in [5.74, 6) is -0.119. The number of thiophene rings is 1. The summed E-state index contributed by atoms with van der Waals surface area (Å²) in [7, 11) is 0. The molecule has 1 saturated carbocycles. The van der Waals surface area contributed by atoms with Crippen LogP contribution in [0.15, 0.2) is 22.6 Å². The maximum absolute atomic E-state index is 12.6. The molecule has 1 amide bonds. The van der Waals surface area contributed by atoms with Gasteiger partial charge in [0.15, 0.2) is 0 Å². The van der Waals surface area contributed by atoms with E-state index in [-0.39, 0.29) is 23.6 Å². The number of quaternary nitrogens is 1. The number of morpholine rings is 1. The lowest BCUT2D eigenvalue weighted by molar-refractivity contribution is -0.960. The van der Waals surface area contributed by atoms with Crippen molar-refractivity contribution >= 4 is 27.5 Å². The zero-order chi connectivity index (χ0) is 18.7. The Bertz CT molecular complexity index is 850. The van der Waals surface area contributed by atoms with Crippen LogP contribution in [0.5, 0.6) is 0 Å². The molecule has 1 saturated heterocycles. The maximum atomic E-state index is 12.6. The molecule has 1 aliphatic carbocycles. The van der Waals surface area contributed by atoms with E-state index < -0.39 is 0 Å². The molecule has 0 spiro atoms. The van der Waals surface area contributed by atoms with Crippen molar-refractivity contribution in [2.45, 2.75) is 44.2 Å². The summed E-state index contributed by atoms with van der Waals surface area (Å²) in [5, 5.41) is 5.55. The van der Waals surface area contributed by atoms with Crippen LogP contribution in [-0.2, 0) is 16.1 Å². The largest absolute Gasteiger partial charge is 0.370 e. The average Bonchev–Trinajstić information content (AvgIpc) is 3.20. The number of hydrogen-bond acceptors (Lipinski definition) is 5. The predicted molar refractivity (Wildman–Crippen MR) is 104 cm³/mol. The van der Waals surface area contributed by atoms with E-state index >= 15 is 0 Å². The number of nitrogens with one attached hydrogen (secondary N) is 2. The van der Waals surface area contributed by atoms with Crippen LogP contribution in [0, 0.1) is 0 Å². The zero-order valence-corrected chi connectivity index (χ0v) is 16.4. The molecule has 0 bridgehead atoms. The van der Waals surface area contributed by atoms with E-state index in [1.807, 2.05) is 5.38 Å². The average molecular weight is 392 g/mol. The normalized spacial score (nSPS) is 20.6. The van der Waals surface area contributed by atoms with E-state index in [9.17, 15) is 9.59 Å². The Labute approximate surface area is 162 Å². The molecule has 0 aromatic carbocycles. The lowest BCUT2D eigenvalue weighted by Gasteiger charge is -2.45. The van der Waals surface area contributed by atoms with Gasteiger partial charge in [-0.3, -0.25) is 14.2 Å². The summed E-state index contributed by atoms with van der Waals surface area (Å²) < 4.78 is 6.93. The summed E-state index contributed by atoms with van der Waals surface area (Å²) in [5.41, 5.74) is -0.0410. The maximum Gasteiger partial charge on any atom is 0.262 e. The molecular formula is C19H27N4O3S+. The highest BCUT2D eigenvalue weighted by Crippen LogP contribution is 2.25. The van der Waals surface area contributed by atoms with Gasteiger partial charge in [0.05, 0.1) is 31.5 Å². The highest BCUT2D eigenvalue weighted by atomic mass is 32.1. The molecule has 0 radical (unpaired) electrons. The Kier molecular flexibility index (Phi) is 5.56. The molecule has 2 aromatic heterocycles. The highest BCUT2D eigenvalue weighted by Gasteiger charge is 2.42. The molecule has 4 rings (SSSR count). The van der Waals surface area contributed by atoms with Crippen molar-refractivity contribution in [3.8, 4) is 0 Å². The number of carbonyl (C=O) groups is 1. The lowest BCUT2D eigenvalue weighted by atomic mass is 9.79. The number of nitrogens with zero attached hydrogens (tertiary/aromatic N) is 2. The minimum Gasteiger partial charge on any atom is -0.370 e. The van der Waals surface area contributed by atoms with Gasteiger partial charge >= 0.3 is 0 Å². The third-order valence-electron chi connectivity index (χ3n) is 6.05. The van der Waals surface area contributed by atoms with Crippen LogP contribution in [0.2, 0.25) is 0 Å². The highest BCUT2D eigenvalue weighted by molar-refractivity contribution is 7.16. The third kappa shape index (κ3) is 3.93. The number of amides is 1. The summed E-state index contributed by atoms with van der Waals surface area (Å²) in [6.07, 6.45) is 7.48. The Morgan fingerprint density at radius 1 is 1.30 bits per heavy atom. The number of hydrogen-bond donors (Lipinski definition) is 2. The van der Waals surface area contributed by atoms with E-state index in [1.165, 1.54) is 41.5 Å². The van der Waals surface area contributed by atoms with Crippen LogP contribution in [0.25, 0.3) is 10.2 Å². The molecule has 8 heteroatoms. The molecule has 146 valence electrons. The molecule has 2 aliphatic rings. The van der Waals surface area contributed by atoms with Crippen LogP contribution < -0.4 is 15.8 Å². The molecule has 1 aliphatic heterocycles. The van der Waals surface area contributed by atoms with E-state index in [4.69, 9.17) is 4.74 Å². The number of ether oxygens (including phenoxy) is 1. The quantitative estimate of drug-likeness (QED) is 0.763. The minimum atomic E-state index is -0.150. The number of aromatic nitrogens is 2. The standard InChI is InChI=1S/C19H26N4O3S/c24-16(12-22-14-21-17-15(18(22)25)4-11-27-17)20-13-19(5-2-1-3-6-19)23-7-9-26-10-8-23/h4,11,14H,1-3,5-10,12-13H2,(H,20,24)/p+1. The first kappa shape index (κ1) is 18.6. The van der Waals surface area contributed by atoms with Gasteiger partial charge in [-0.15, -0.1) is 11.3 Å². The number of carbonyl (C=O) groups excluding carboxylic acids is 1. The second-order valence-corrected chi connectivity index (χ2v) is 8.55. The molecule has 0 unspecified atom stereocenters. The van der Waals surface area contributed by atoms with Crippen molar-refractivity contribution in [1.29, 1.82) is 0 Å². The van der Waals surface area contributed by atoms with Crippen LogP contribution in [0.1, 0.15) is 32.1 Å². The van der Waals surface area contributed by atoms with Crippen LogP contribution >= 0.6 is 11.3 Å². The lowest BCUT2D eigenvalue weighted by Crippen LogP contribution is -3.23. The van der Waals surface area contributed by atoms with E-state index in [1.54, 1.807) is 11.0 Å². The Morgan fingerprint density at radius 3 is 2.85 bits per heavy atom. The van der Waals surface area contributed by atoms with Crippen molar-refractivity contribution in [2.24, 2.45) is 0 Å². The van der Waals surface area contributed by atoms with E-state index in [0.29, 0.717) is 16.8 Å². The predicted octanol–water partition coefficient (Wildman–Crippen LogP) is 0.192. The molecule has 2 fully saturated rings. The van der Waals surface area contributed by atoms with Crippen molar-refractivity contribution in [2.75, 3.05) is 32.8 Å². The summed E-state index contributed by atoms with van der Waals surface area (Å²) in [4.78, 5) is 31.6. The third-order valence-corrected chi connectivity index (χ3v) is 6.87. The molecule has 2 N–H and O–H groups in total. The minimum absolute atomic E-state index is 0.0200. The molecule has 7 nitrogen and oxygen atoms in total. The Balaban J connectivity index is 1.43. The summed E-state index contributed by atoms with van der Waals surface area (Å²) in [6, 6.07) is 1.77. The van der Waals surface area contributed by atoms with Gasteiger partial charge in [-0.1, -0.05) is 6.42 Å². The van der Waals surface area contributed by atoms with Crippen molar-refractivity contribution in [3.63, 3.8) is 0 Å². The first-order valence-electron chi connectivity index (χ1n) is 9.80. The molecule has 27 heavy (non-hydrogen) atoms. The second kappa shape index (κ2) is 8.08. The van der Waals surface area contributed by atoms with Crippen molar-refractivity contribution < 1.29 is 14.4 Å². The zero-order valence-electron chi connectivity index (χ0n) is 15.5. The fraction of sp³-hybridized carbons (Fsp3) is 0.632. The molecular weight excluding hydrogens is 364 g/mol. The Hall–Kier alpha value is -1.77. The Morgan fingerprint density at radius 2 is 2.07 bits per heavy atom.